The molecule has 0 aliphatic carbocycles. The summed E-state index contributed by atoms with van der Waals surface area (Å²) >= 11 is 1.59. The molecule has 1 amide bonds. The van der Waals surface area contributed by atoms with E-state index in [1.807, 2.05) is 6.26 Å². The third-order valence-corrected chi connectivity index (χ3v) is 2.28. The van der Waals surface area contributed by atoms with E-state index in [-0.39, 0.29) is 19.1 Å². The first-order valence-corrected chi connectivity index (χ1v) is 5.49. The topological polar surface area (TPSA) is 69.6 Å². The van der Waals surface area contributed by atoms with E-state index in [0.29, 0.717) is 6.42 Å². The zero-order chi connectivity index (χ0) is 10.3. The molecule has 0 saturated heterocycles. The van der Waals surface area contributed by atoms with Crippen LogP contribution in [0.3, 0.4) is 0 Å². The molecule has 0 aliphatic heterocycles. The summed E-state index contributed by atoms with van der Waals surface area (Å²) in [6.45, 7) is 1.09. The predicted molar refractivity (Wildman–Crippen MR) is 53.7 cm³/mol. The van der Waals surface area contributed by atoms with Gasteiger partial charge in [-0.15, -0.1) is 0 Å². The molecule has 0 spiro atoms. The Kier molecular flexibility index (Phi) is 6.11. The Morgan fingerprint density at radius 2 is 2.00 bits per heavy atom. The van der Waals surface area contributed by atoms with Gasteiger partial charge in [0.25, 0.3) is 0 Å². The van der Waals surface area contributed by atoms with Crippen molar-refractivity contribution in [2.45, 2.75) is 18.9 Å². The fourth-order valence-electron chi connectivity index (χ4n) is 0.723. The van der Waals surface area contributed by atoms with Crippen LogP contribution in [0, 0.1) is 0 Å². The molecule has 78 valence electrons. The molecule has 0 aromatic carbocycles. The van der Waals surface area contributed by atoms with Crippen molar-refractivity contribution in [1.29, 1.82) is 0 Å². The Hall–Kier alpha value is -0.260. The fraction of sp³-hybridized carbons (Fsp3) is 0.875. The van der Waals surface area contributed by atoms with Crippen LogP contribution in [-0.2, 0) is 4.79 Å². The number of aliphatic hydroxyl groups excluding tert-OH is 2. The highest BCUT2D eigenvalue weighted by atomic mass is 32.2. The Balaban J connectivity index is 3.87. The number of hydrogen-bond acceptors (Lipinski definition) is 4. The average Bonchev–Trinajstić information content (AvgIpc) is 2.14. The van der Waals surface area contributed by atoms with Crippen molar-refractivity contribution < 1.29 is 15.0 Å². The fourth-order valence-corrected chi connectivity index (χ4v) is 1.11. The molecule has 4 nitrogen and oxygen atoms in total. The van der Waals surface area contributed by atoms with Crippen LogP contribution in [-0.4, -0.2) is 46.9 Å². The lowest BCUT2D eigenvalue weighted by Gasteiger charge is -2.26. The summed E-state index contributed by atoms with van der Waals surface area (Å²) in [6.07, 6.45) is 2.33. The summed E-state index contributed by atoms with van der Waals surface area (Å²) in [4.78, 5) is 11.2. The molecule has 13 heavy (non-hydrogen) atoms. The van der Waals surface area contributed by atoms with E-state index in [9.17, 15) is 4.79 Å². The molecule has 0 radical (unpaired) electrons. The number of amides is 1. The number of carbonyl (C=O) groups excluding carboxylic acids is 1. The summed E-state index contributed by atoms with van der Waals surface area (Å²) in [6, 6.07) is 0. The van der Waals surface area contributed by atoms with E-state index in [0.717, 1.165) is 5.75 Å². The van der Waals surface area contributed by atoms with Gasteiger partial charge in [0.05, 0.1) is 18.8 Å². The van der Waals surface area contributed by atoms with Crippen LogP contribution in [0.2, 0.25) is 0 Å². The quantitative estimate of drug-likeness (QED) is 0.554. The summed E-state index contributed by atoms with van der Waals surface area (Å²) in [7, 11) is 0. The second-order valence-electron chi connectivity index (χ2n) is 3.17. The van der Waals surface area contributed by atoms with Crippen LogP contribution < -0.4 is 5.32 Å². The van der Waals surface area contributed by atoms with E-state index >= 15 is 0 Å². The van der Waals surface area contributed by atoms with Gasteiger partial charge in [-0.05, 0) is 13.2 Å². The first-order valence-electron chi connectivity index (χ1n) is 4.09. The van der Waals surface area contributed by atoms with E-state index < -0.39 is 5.54 Å². The van der Waals surface area contributed by atoms with E-state index in [1.54, 1.807) is 18.7 Å². The second kappa shape index (κ2) is 6.23. The van der Waals surface area contributed by atoms with Gasteiger partial charge < -0.3 is 15.5 Å². The van der Waals surface area contributed by atoms with E-state index in [1.165, 1.54) is 0 Å². The van der Waals surface area contributed by atoms with Crippen molar-refractivity contribution >= 4 is 17.7 Å². The van der Waals surface area contributed by atoms with Gasteiger partial charge in [0.15, 0.2) is 0 Å². The molecule has 0 aromatic heterocycles. The third kappa shape index (κ3) is 5.13. The van der Waals surface area contributed by atoms with Crippen molar-refractivity contribution in [1.82, 2.24) is 5.32 Å². The lowest BCUT2D eigenvalue weighted by molar-refractivity contribution is -0.123. The normalized spacial score (nSPS) is 11.4. The molecule has 0 fully saturated rings. The van der Waals surface area contributed by atoms with Crippen LogP contribution in [0.15, 0.2) is 0 Å². The number of carbonyl (C=O) groups is 1. The van der Waals surface area contributed by atoms with Gasteiger partial charge in [-0.2, -0.15) is 11.8 Å². The van der Waals surface area contributed by atoms with Gasteiger partial charge in [-0.25, -0.2) is 0 Å². The van der Waals surface area contributed by atoms with Crippen molar-refractivity contribution in [3.8, 4) is 0 Å². The van der Waals surface area contributed by atoms with Gasteiger partial charge >= 0.3 is 0 Å². The molecule has 0 atom stereocenters. The van der Waals surface area contributed by atoms with Gasteiger partial charge in [0.2, 0.25) is 5.91 Å². The van der Waals surface area contributed by atoms with Crippen molar-refractivity contribution in [2.24, 2.45) is 0 Å². The third-order valence-electron chi connectivity index (χ3n) is 1.67. The molecular formula is C8H17NO3S. The average molecular weight is 207 g/mol. The van der Waals surface area contributed by atoms with Crippen LogP contribution in [0.4, 0.5) is 0 Å². The molecule has 0 heterocycles. The monoisotopic (exact) mass is 207 g/mol. The minimum atomic E-state index is -0.893. The second-order valence-corrected chi connectivity index (χ2v) is 4.15. The molecule has 0 saturated carbocycles. The zero-order valence-corrected chi connectivity index (χ0v) is 8.86. The standard InChI is InChI=1S/C8H17NO3S/c1-8(5-10,6-11)9-7(12)3-4-13-2/h10-11H,3-6H2,1-2H3,(H,9,12). The molecule has 0 unspecified atom stereocenters. The Labute approximate surface area is 82.7 Å². The Morgan fingerprint density at radius 1 is 1.46 bits per heavy atom. The lowest BCUT2D eigenvalue weighted by atomic mass is 10.1. The Bertz CT molecular complexity index is 159. The minimum Gasteiger partial charge on any atom is -0.394 e. The van der Waals surface area contributed by atoms with E-state index in [2.05, 4.69) is 5.32 Å². The highest BCUT2D eigenvalue weighted by Gasteiger charge is 2.23. The summed E-state index contributed by atoms with van der Waals surface area (Å²) in [5.74, 6) is 0.610. The number of hydrogen-bond donors (Lipinski definition) is 3. The van der Waals surface area contributed by atoms with Crippen LogP contribution >= 0.6 is 11.8 Å². The molecule has 5 heteroatoms. The SMILES string of the molecule is CSCCC(=O)NC(C)(CO)CO. The zero-order valence-electron chi connectivity index (χ0n) is 8.04. The largest absolute Gasteiger partial charge is 0.394 e. The molecule has 3 N–H and O–H groups in total. The highest BCUT2D eigenvalue weighted by molar-refractivity contribution is 7.98. The maximum absolute atomic E-state index is 11.2. The molecular weight excluding hydrogens is 190 g/mol. The number of rotatable bonds is 6. The van der Waals surface area contributed by atoms with Gasteiger partial charge in [-0.1, -0.05) is 0 Å². The predicted octanol–water partition coefficient (Wildman–Crippen LogP) is -0.401. The van der Waals surface area contributed by atoms with E-state index in [4.69, 9.17) is 10.2 Å². The molecule has 0 aliphatic rings. The van der Waals surface area contributed by atoms with Crippen LogP contribution in [0.1, 0.15) is 13.3 Å². The first kappa shape index (κ1) is 12.7. The number of thioether (sulfide) groups is 1. The molecule has 0 rings (SSSR count). The number of nitrogens with one attached hydrogen (secondary N) is 1. The smallest absolute Gasteiger partial charge is 0.221 e. The van der Waals surface area contributed by atoms with Crippen molar-refractivity contribution in [3.05, 3.63) is 0 Å². The van der Waals surface area contributed by atoms with Gasteiger partial charge in [-0.3, -0.25) is 4.79 Å². The van der Waals surface area contributed by atoms with Crippen molar-refractivity contribution in [3.63, 3.8) is 0 Å². The molecule has 0 aromatic rings. The summed E-state index contributed by atoms with van der Waals surface area (Å²) < 4.78 is 0. The Morgan fingerprint density at radius 3 is 2.38 bits per heavy atom. The van der Waals surface area contributed by atoms with Gasteiger partial charge in [0, 0.05) is 12.2 Å². The maximum Gasteiger partial charge on any atom is 0.221 e. The van der Waals surface area contributed by atoms with Gasteiger partial charge in [0.1, 0.15) is 0 Å². The highest BCUT2D eigenvalue weighted by Crippen LogP contribution is 2.02. The minimum absolute atomic E-state index is 0.139. The molecule has 0 bridgehead atoms. The van der Waals surface area contributed by atoms with Crippen molar-refractivity contribution in [2.75, 3.05) is 25.2 Å². The van der Waals surface area contributed by atoms with Crippen LogP contribution in [0.25, 0.3) is 0 Å². The summed E-state index contributed by atoms with van der Waals surface area (Å²) in [5.41, 5.74) is -0.893. The first-order chi connectivity index (χ1) is 6.08. The summed E-state index contributed by atoms with van der Waals surface area (Å²) in [5, 5.41) is 20.3. The number of aliphatic hydroxyl groups is 2. The van der Waals surface area contributed by atoms with Crippen LogP contribution in [0.5, 0.6) is 0 Å². The lowest BCUT2D eigenvalue weighted by Crippen LogP contribution is -2.51. The maximum atomic E-state index is 11.2.